The third kappa shape index (κ3) is 10.4. The van der Waals surface area contributed by atoms with Crippen molar-refractivity contribution in [3.8, 4) is 22.3 Å². The van der Waals surface area contributed by atoms with Crippen LogP contribution in [0.25, 0.3) is 22.3 Å². The number of carbonyl (C=O) groups excluding carboxylic acids is 4. The molecule has 0 aliphatic heterocycles. The summed E-state index contributed by atoms with van der Waals surface area (Å²) < 4.78 is 0. The van der Waals surface area contributed by atoms with Gasteiger partial charge in [-0.05, 0) is 24.3 Å². The van der Waals surface area contributed by atoms with Crippen molar-refractivity contribution < 1.29 is 19.2 Å². The molecule has 0 radical (unpaired) electrons. The fourth-order valence-electron chi connectivity index (χ4n) is 4.42. The molecule has 4 aromatic carbocycles. The van der Waals surface area contributed by atoms with Gasteiger partial charge in [0.25, 0.3) is 0 Å². The second-order valence-electron chi connectivity index (χ2n) is 12.8. The Bertz CT molecular complexity index is 1470. The third-order valence-corrected chi connectivity index (χ3v) is 7.42. The van der Waals surface area contributed by atoms with Crippen LogP contribution in [0, 0.1) is 23.7 Å². The molecule has 4 rings (SSSR count). The Morgan fingerprint density at radius 2 is 0.500 bits per heavy atom. The van der Waals surface area contributed by atoms with E-state index in [0.29, 0.717) is 0 Å². The molecule has 0 unspecified atom stereocenters. The van der Waals surface area contributed by atoms with Gasteiger partial charge in [0, 0.05) is 68.7 Å². The van der Waals surface area contributed by atoms with Crippen LogP contribution in [0.3, 0.4) is 0 Å². The van der Waals surface area contributed by atoms with Gasteiger partial charge >= 0.3 is 0 Å². The lowest BCUT2D eigenvalue weighted by atomic mass is 10.0. The number of hydrogen-bond donors (Lipinski definition) is 4. The summed E-state index contributed by atoms with van der Waals surface area (Å²) in [7, 11) is 0. The summed E-state index contributed by atoms with van der Waals surface area (Å²) in [4.78, 5) is 48.3. The van der Waals surface area contributed by atoms with Crippen LogP contribution in [-0.4, -0.2) is 23.6 Å². The number of nitrogens with one attached hydrogen (secondary N) is 4. The molecule has 0 atom stereocenters. The quantitative estimate of drug-likeness (QED) is 0.137. The van der Waals surface area contributed by atoms with Gasteiger partial charge in [0.2, 0.25) is 23.6 Å². The zero-order valence-corrected chi connectivity index (χ0v) is 29.2. The minimum atomic E-state index is -0.103. The van der Waals surface area contributed by atoms with Crippen LogP contribution in [0.5, 0.6) is 0 Å². The highest BCUT2D eigenvalue weighted by atomic mass is 16.2. The maximum absolute atomic E-state index is 12.1. The number of benzene rings is 4. The Morgan fingerprint density at radius 3 is 0.667 bits per heavy atom. The van der Waals surface area contributed by atoms with E-state index < -0.39 is 0 Å². The summed E-state index contributed by atoms with van der Waals surface area (Å²) in [6.07, 6.45) is 0. The molecule has 0 spiro atoms. The van der Waals surface area contributed by atoms with E-state index in [1.54, 1.807) is 0 Å². The van der Waals surface area contributed by atoms with Gasteiger partial charge in [-0.2, -0.15) is 0 Å². The number of rotatable bonds is 10. The molecule has 8 heteroatoms. The van der Waals surface area contributed by atoms with E-state index in [1.807, 2.05) is 152 Å². The van der Waals surface area contributed by atoms with Gasteiger partial charge in [-0.25, -0.2) is 0 Å². The first kappa shape index (κ1) is 37.2. The predicted molar refractivity (Wildman–Crippen MR) is 198 cm³/mol. The molecule has 4 amide bonds. The van der Waals surface area contributed by atoms with Crippen molar-refractivity contribution in [1.29, 1.82) is 0 Å². The molecule has 0 saturated carbocycles. The lowest BCUT2D eigenvalue weighted by Crippen LogP contribution is -2.19. The van der Waals surface area contributed by atoms with Crippen molar-refractivity contribution in [1.82, 2.24) is 0 Å². The van der Waals surface area contributed by atoms with Crippen molar-refractivity contribution in [2.45, 2.75) is 55.4 Å². The lowest BCUT2D eigenvalue weighted by molar-refractivity contribution is -0.119. The standard InChI is InChI=1S/2C20H24N2O2/c2*1-13(2)19(23)21-17-11-7-5-9-15(17)16-10-6-8-12-18(16)22-20(24)14(3)4/h2*5-14H,1-4H3,(H,21,23)(H,22,24). The van der Waals surface area contributed by atoms with Crippen LogP contribution >= 0.6 is 0 Å². The largest absolute Gasteiger partial charge is 0.325 e. The van der Waals surface area contributed by atoms with Gasteiger partial charge < -0.3 is 21.3 Å². The van der Waals surface area contributed by atoms with Crippen LogP contribution in [0.4, 0.5) is 22.7 Å². The SMILES string of the molecule is CC(C)C(=O)Nc1ccccc1-c1ccccc1NC(=O)C(C)C.CC(C)C(=O)Nc1ccccc1-c1ccccc1NC(=O)C(C)C. The maximum Gasteiger partial charge on any atom is 0.226 e. The Hall–Kier alpha value is -5.24. The first-order chi connectivity index (χ1) is 22.8. The Morgan fingerprint density at radius 1 is 0.333 bits per heavy atom. The predicted octanol–water partition coefficient (Wildman–Crippen LogP) is 9.09. The fraction of sp³-hybridized carbons (Fsp3) is 0.300. The molecule has 0 aliphatic rings. The highest BCUT2D eigenvalue weighted by Gasteiger charge is 2.17. The minimum absolute atomic E-state index is 0.0360. The molecule has 252 valence electrons. The Labute approximate surface area is 284 Å². The van der Waals surface area contributed by atoms with Gasteiger partial charge in [0.05, 0.1) is 0 Å². The molecular weight excluding hydrogens is 600 g/mol. The van der Waals surface area contributed by atoms with Gasteiger partial charge in [0.15, 0.2) is 0 Å². The smallest absolute Gasteiger partial charge is 0.226 e. The number of hydrogen-bond acceptors (Lipinski definition) is 4. The number of amides is 4. The normalized spacial score (nSPS) is 10.8. The molecular formula is C40H48N4O4. The molecule has 0 heterocycles. The molecule has 0 aromatic heterocycles. The van der Waals surface area contributed by atoms with Crippen LogP contribution in [-0.2, 0) is 19.2 Å². The highest BCUT2D eigenvalue weighted by Crippen LogP contribution is 2.35. The molecule has 0 fully saturated rings. The fourth-order valence-corrected chi connectivity index (χ4v) is 4.42. The molecule has 8 nitrogen and oxygen atoms in total. The number of para-hydroxylation sites is 4. The first-order valence-corrected chi connectivity index (χ1v) is 16.4. The summed E-state index contributed by atoms with van der Waals surface area (Å²) in [5.74, 6) is -0.555. The zero-order chi connectivity index (χ0) is 35.4. The van der Waals surface area contributed by atoms with Gasteiger partial charge in [0.1, 0.15) is 0 Å². The second-order valence-corrected chi connectivity index (χ2v) is 12.8. The van der Waals surface area contributed by atoms with E-state index in [-0.39, 0.29) is 47.3 Å². The van der Waals surface area contributed by atoms with Gasteiger partial charge in [-0.1, -0.05) is 128 Å². The average Bonchev–Trinajstić information content (AvgIpc) is 3.06. The van der Waals surface area contributed by atoms with Crippen LogP contribution < -0.4 is 21.3 Å². The van der Waals surface area contributed by atoms with Gasteiger partial charge in [-0.3, -0.25) is 19.2 Å². The lowest BCUT2D eigenvalue weighted by Gasteiger charge is -2.16. The molecule has 0 saturated heterocycles. The van der Waals surface area contributed by atoms with Crippen LogP contribution in [0.15, 0.2) is 97.1 Å². The van der Waals surface area contributed by atoms with Crippen molar-refractivity contribution in [3.05, 3.63) is 97.1 Å². The van der Waals surface area contributed by atoms with Crippen LogP contribution in [0.1, 0.15) is 55.4 Å². The summed E-state index contributed by atoms with van der Waals surface area (Å²) in [5, 5.41) is 11.8. The monoisotopic (exact) mass is 648 g/mol. The summed E-state index contributed by atoms with van der Waals surface area (Å²) in [6, 6.07) is 30.5. The summed E-state index contributed by atoms with van der Waals surface area (Å²) in [5.41, 5.74) is 6.48. The number of anilines is 4. The molecule has 0 aliphatic carbocycles. The van der Waals surface area contributed by atoms with Crippen molar-refractivity contribution >= 4 is 46.4 Å². The molecule has 4 aromatic rings. The van der Waals surface area contributed by atoms with Crippen molar-refractivity contribution in [3.63, 3.8) is 0 Å². The maximum atomic E-state index is 12.1. The number of carbonyl (C=O) groups is 4. The van der Waals surface area contributed by atoms with E-state index in [0.717, 1.165) is 45.0 Å². The topological polar surface area (TPSA) is 116 Å². The molecule has 48 heavy (non-hydrogen) atoms. The highest BCUT2D eigenvalue weighted by molar-refractivity contribution is 6.02. The van der Waals surface area contributed by atoms with Crippen molar-refractivity contribution in [2.24, 2.45) is 23.7 Å². The van der Waals surface area contributed by atoms with E-state index in [2.05, 4.69) is 21.3 Å². The zero-order valence-electron chi connectivity index (χ0n) is 29.2. The Balaban J connectivity index is 0.000000260. The van der Waals surface area contributed by atoms with Crippen LogP contribution in [0.2, 0.25) is 0 Å². The van der Waals surface area contributed by atoms with Crippen molar-refractivity contribution in [2.75, 3.05) is 21.3 Å². The summed E-state index contributed by atoms with van der Waals surface area (Å²) >= 11 is 0. The van der Waals surface area contributed by atoms with E-state index in [1.165, 1.54) is 0 Å². The van der Waals surface area contributed by atoms with E-state index >= 15 is 0 Å². The molecule has 4 N–H and O–H groups in total. The first-order valence-electron chi connectivity index (χ1n) is 16.4. The van der Waals surface area contributed by atoms with E-state index in [9.17, 15) is 19.2 Å². The molecule has 0 bridgehead atoms. The van der Waals surface area contributed by atoms with Gasteiger partial charge in [-0.15, -0.1) is 0 Å². The summed E-state index contributed by atoms with van der Waals surface area (Å²) in [6.45, 7) is 14.8. The van der Waals surface area contributed by atoms with E-state index in [4.69, 9.17) is 0 Å². The average molecular weight is 649 g/mol. The Kier molecular flexibility index (Phi) is 13.7. The minimum Gasteiger partial charge on any atom is -0.325 e. The third-order valence-electron chi connectivity index (χ3n) is 7.42. The second kappa shape index (κ2) is 17.6.